The second kappa shape index (κ2) is 8.23. The molecule has 0 radical (unpaired) electrons. The number of hydrogen-bond donors (Lipinski definition) is 0. The van der Waals surface area contributed by atoms with Gasteiger partial charge >= 0.3 is 0 Å². The van der Waals surface area contributed by atoms with E-state index >= 15 is 0 Å². The Bertz CT molecular complexity index is 1260. The van der Waals surface area contributed by atoms with E-state index in [0.29, 0.717) is 17.1 Å². The van der Waals surface area contributed by atoms with E-state index in [2.05, 4.69) is 15.5 Å². The molecule has 2 aromatic heterocycles. The van der Waals surface area contributed by atoms with E-state index in [4.69, 9.17) is 0 Å². The van der Waals surface area contributed by atoms with Gasteiger partial charge in [0.1, 0.15) is 0 Å². The fraction of sp³-hybridized carbons (Fsp3) is 0.429. The number of nitrogens with zero attached hydrogens (tertiary/aromatic N) is 5. The monoisotopic (exact) mass is 459 g/mol. The van der Waals surface area contributed by atoms with Gasteiger partial charge in [-0.3, -0.25) is 4.79 Å². The minimum absolute atomic E-state index is 0.0271. The molecule has 8 nitrogen and oxygen atoms in total. The van der Waals surface area contributed by atoms with Gasteiger partial charge in [0.05, 0.1) is 22.9 Å². The number of sulfone groups is 1. The Morgan fingerprint density at radius 3 is 2.71 bits per heavy atom. The SMILES string of the molecule is Cc1cccc(-n2nnnc2SCC(=O)c2cc(C)n([C@H]3CCS(=O)(=O)C3)c2C)c1C. The molecule has 0 saturated carbocycles. The van der Waals surface area contributed by atoms with Crippen molar-refractivity contribution >= 4 is 27.4 Å². The smallest absolute Gasteiger partial charge is 0.214 e. The molecule has 0 bridgehead atoms. The van der Waals surface area contributed by atoms with E-state index in [1.54, 1.807) is 4.68 Å². The first-order chi connectivity index (χ1) is 14.7. The largest absolute Gasteiger partial charge is 0.344 e. The van der Waals surface area contributed by atoms with Crippen molar-refractivity contribution in [3.63, 3.8) is 0 Å². The molecule has 1 saturated heterocycles. The number of carbonyl (C=O) groups is 1. The molecule has 164 valence electrons. The lowest BCUT2D eigenvalue weighted by atomic mass is 10.1. The second-order valence-corrected chi connectivity index (χ2v) is 11.2. The zero-order valence-electron chi connectivity index (χ0n) is 18.0. The van der Waals surface area contributed by atoms with Crippen molar-refractivity contribution in [1.82, 2.24) is 24.8 Å². The lowest BCUT2D eigenvalue weighted by Crippen LogP contribution is -2.14. The molecule has 10 heteroatoms. The van der Waals surface area contributed by atoms with E-state index in [0.717, 1.165) is 28.2 Å². The maximum absolute atomic E-state index is 13.0. The number of hydrogen-bond acceptors (Lipinski definition) is 7. The number of ketones is 1. The summed E-state index contributed by atoms with van der Waals surface area (Å²) in [4.78, 5) is 13.0. The second-order valence-electron chi connectivity index (χ2n) is 8.02. The first-order valence-corrected chi connectivity index (χ1v) is 12.9. The first kappa shape index (κ1) is 21.8. The van der Waals surface area contributed by atoms with Crippen LogP contribution in [0.1, 0.15) is 45.3 Å². The number of aryl methyl sites for hydroxylation is 2. The minimum Gasteiger partial charge on any atom is -0.344 e. The molecule has 0 aliphatic carbocycles. The van der Waals surface area contributed by atoms with Gasteiger partial charge in [-0.2, -0.15) is 4.68 Å². The Morgan fingerprint density at radius 2 is 2.00 bits per heavy atom. The molecule has 1 aliphatic heterocycles. The van der Waals surface area contributed by atoms with Crippen LogP contribution in [0.25, 0.3) is 5.69 Å². The maximum Gasteiger partial charge on any atom is 0.214 e. The average Bonchev–Trinajstić information content (AvgIpc) is 3.39. The van der Waals surface area contributed by atoms with Crippen molar-refractivity contribution in [3.05, 3.63) is 52.3 Å². The van der Waals surface area contributed by atoms with E-state index in [1.165, 1.54) is 11.8 Å². The fourth-order valence-electron chi connectivity index (χ4n) is 4.19. The Hall–Kier alpha value is -2.46. The highest BCUT2D eigenvalue weighted by Crippen LogP contribution is 2.30. The Morgan fingerprint density at radius 1 is 1.23 bits per heavy atom. The molecule has 0 amide bonds. The summed E-state index contributed by atoms with van der Waals surface area (Å²) >= 11 is 1.29. The minimum atomic E-state index is -3.00. The highest BCUT2D eigenvalue weighted by molar-refractivity contribution is 7.99. The number of benzene rings is 1. The van der Waals surface area contributed by atoms with E-state index in [9.17, 15) is 13.2 Å². The molecule has 31 heavy (non-hydrogen) atoms. The summed E-state index contributed by atoms with van der Waals surface area (Å²) in [5, 5.41) is 12.5. The molecule has 1 aromatic carbocycles. The van der Waals surface area contributed by atoms with Crippen molar-refractivity contribution in [1.29, 1.82) is 0 Å². The van der Waals surface area contributed by atoms with Crippen molar-refractivity contribution in [2.24, 2.45) is 0 Å². The van der Waals surface area contributed by atoms with Crippen molar-refractivity contribution in [2.75, 3.05) is 17.3 Å². The summed E-state index contributed by atoms with van der Waals surface area (Å²) in [6.07, 6.45) is 0.589. The Balaban J connectivity index is 1.53. The van der Waals surface area contributed by atoms with Crippen LogP contribution < -0.4 is 0 Å². The van der Waals surface area contributed by atoms with Crippen LogP contribution in [0, 0.1) is 27.7 Å². The summed E-state index contributed by atoms with van der Waals surface area (Å²) in [5.41, 5.74) is 5.47. The van der Waals surface area contributed by atoms with Crippen LogP contribution in [0.3, 0.4) is 0 Å². The molecule has 3 aromatic rings. The number of thioether (sulfide) groups is 1. The van der Waals surface area contributed by atoms with Gasteiger partial charge in [-0.25, -0.2) is 8.42 Å². The molecule has 0 unspecified atom stereocenters. The fourth-order valence-corrected chi connectivity index (χ4v) is 6.66. The van der Waals surface area contributed by atoms with Crippen LogP contribution in [0.15, 0.2) is 29.4 Å². The summed E-state index contributed by atoms with van der Waals surface area (Å²) < 4.78 is 27.5. The molecule has 0 spiro atoms. The first-order valence-electron chi connectivity index (χ1n) is 10.1. The maximum atomic E-state index is 13.0. The molecule has 1 fully saturated rings. The van der Waals surface area contributed by atoms with Gasteiger partial charge in [0, 0.05) is 23.0 Å². The highest BCUT2D eigenvalue weighted by atomic mass is 32.2. The van der Waals surface area contributed by atoms with Crippen molar-refractivity contribution in [3.8, 4) is 5.69 Å². The van der Waals surface area contributed by atoms with Gasteiger partial charge < -0.3 is 4.57 Å². The third-order valence-corrected chi connectivity index (χ3v) is 8.61. The van der Waals surface area contributed by atoms with E-state index in [1.807, 2.05) is 56.5 Å². The van der Waals surface area contributed by atoms with Crippen LogP contribution in [-0.4, -0.2) is 56.2 Å². The molecule has 1 aliphatic rings. The number of aromatic nitrogens is 5. The predicted octanol–water partition coefficient (Wildman–Crippen LogP) is 3.03. The predicted molar refractivity (Wildman–Crippen MR) is 120 cm³/mol. The lowest BCUT2D eigenvalue weighted by Gasteiger charge is -2.16. The Kier molecular flexibility index (Phi) is 5.78. The number of carbonyl (C=O) groups excluding carboxylic acids is 1. The molecular weight excluding hydrogens is 434 g/mol. The van der Waals surface area contributed by atoms with Crippen molar-refractivity contribution in [2.45, 2.75) is 45.3 Å². The van der Waals surface area contributed by atoms with Gasteiger partial charge in [-0.1, -0.05) is 23.9 Å². The van der Waals surface area contributed by atoms with Crippen LogP contribution in [-0.2, 0) is 9.84 Å². The standard InChI is InChI=1S/C21H25N5O3S2/c1-13-6-5-7-19(15(13)3)26-21(22-23-24-26)30-11-20(27)18-10-14(2)25(16(18)4)17-8-9-31(28,29)12-17/h5-7,10,17H,8-9,11-12H2,1-4H3/t17-/m0/s1. The number of rotatable bonds is 6. The van der Waals surface area contributed by atoms with Crippen LogP contribution in [0.4, 0.5) is 0 Å². The molecule has 0 N–H and O–H groups in total. The zero-order chi connectivity index (χ0) is 22.3. The Labute approximate surface area is 186 Å². The van der Waals surface area contributed by atoms with Gasteiger partial charge in [-0.05, 0) is 67.8 Å². The van der Waals surface area contributed by atoms with Gasteiger partial charge in [0.2, 0.25) is 5.16 Å². The van der Waals surface area contributed by atoms with Crippen molar-refractivity contribution < 1.29 is 13.2 Å². The van der Waals surface area contributed by atoms with E-state index in [-0.39, 0.29) is 29.1 Å². The molecular formula is C21H25N5O3S2. The summed E-state index contributed by atoms with van der Waals surface area (Å²) in [5.74, 6) is 0.504. The quantitative estimate of drug-likeness (QED) is 0.413. The van der Waals surface area contributed by atoms with Gasteiger partial charge in [0.15, 0.2) is 15.6 Å². The molecule has 3 heterocycles. The lowest BCUT2D eigenvalue weighted by molar-refractivity contribution is 0.102. The third kappa shape index (κ3) is 4.18. The number of Topliss-reactive ketones (excluding diaryl/α,β-unsaturated/α-hetero) is 1. The van der Waals surface area contributed by atoms with Gasteiger partial charge in [-0.15, -0.1) is 5.10 Å². The molecule has 1 atom stereocenters. The van der Waals surface area contributed by atoms with Crippen LogP contribution in [0.2, 0.25) is 0 Å². The van der Waals surface area contributed by atoms with Crippen LogP contribution >= 0.6 is 11.8 Å². The topological polar surface area (TPSA) is 99.7 Å². The van der Waals surface area contributed by atoms with Gasteiger partial charge in [0.25, 0.3) is 0 Å². The summed E-state index contributed by atoms with van der Waals surface area (Å²) in [6.45, 7) is 7.85. The third-order valence-electron chi connectivity index (χ3n) is 5.94. The summed E-state index contributed by atoms with van der Waals surface area (Å²) in [7, 11) is -3.00. The van der Waals surface area contributed by atoms with Crippen LogP contribution in [0.5, 0.6) is 0 Å². The number of tetrazole rings is 1. The average molecular weight is 460 g/mol. The zero-order valence-corrected chi connectivity index (χ0v) is 19.6. The summed E-state index contributed by atoms with van der Waals surface area (Å²) in [6, 6.07) is 7.70. The normalized spacial score (nSPS) is 17.9. The van der Waals surface area contributed by atoms with E-state index < -0.39 is 9.84 Å². The molecule has 4 rings (SSSR count). The highest BCUT2D eigenvalue weighted by Gasteiger charge is 2.31.